The highest BCUT2D eigenvalue weighted by atomic mass is 32.2. The first-order valence-electron chi connectivity index (χ1n) is 8.03. The zero-order valence-electron chi connectivity index (χ0n) is 14.4. The van der Waals surface area contributed by atoms with Crippen molar-refractivity contribution in [2.75, 3.05) is 7.11 Å². The molecule has 26 heavy (non-hydrogen) atoms. The van der Waals surface area contributed by atoms with Crippen LogP contribution in [0.25, 0.3) is 6.08 Å². The molecule has 2 heterocycles. The lowest BCUT2D eigenvalue weighted by Gasteiger charge is -2.09. The highest BCUT2D eigenvalue weighted by Crippen LogP contribution is 2.33. The molecule has 0 radical (unpaired) electrons. The Labute approximate surface area is 154 Å². The van der Waals surface area contributed by atoms with E-state index in [2.05, 4.69) is 11.7 Å². The smallest absolute Gasteiger partial charge is 0.373 e. The first-order chi connectivity index (χ1) is 12.5. The minimum atomic E-state index is -0.610. The largest absolute Gasteiger partial charge is 0.463 e. The van der Waals surface area contributed by atoms with Crippen molar-refractivity contribution in [3.63, 3.8) is 0 Å². The molecule has 0 bridgehead atoms. The van der Waals surface area contributed by atoms with Crippen LogP contribution in [-0.4, -0.2) is 29.1 Å². The number of furan rings is 1. The molecule has 1 fully saturated rings. The number of ether oxygens (including phenoxy) is 1. The van der Waals surface area contributed by atoms with E-state index in [1.54, 1.807) is 12.1 Å². The van der Waals surface area contributed by atoms with Crippen LogP contribution < -0.4 is 0 Å². The number of benzene rings is 1. The third kappa shape index (κ3) is 3.72. The van der Waals surface area contributed by atoms with Crippen LogP contribution >= 0.6 is 11.8 Å². The van der Waals surface area contributed by atoms with Crippen molar-refractivity contribution in [2.45, 2.75) is 19.9 Å². The predicted molar refractivity (Wildman–Crippen MR) is 97.4 cm³/mol. The van der Waals surface area contributed by atoms with E-state index < -0.39 is 5.97 Å². The average molecular weight is 371 g/mol. The van der Waals surface area contributed by atoms with Gasteiger partial charge >= 0.3 is 5.97 Å². The molecule has 0 N–H and O–H groups in total. The number of thioether (sulfide) groups is 1. The normalized spacial score (nSPS) is 15.8. The van der Waals surface area contributed by atoms with E-state index in [1.165, 1.54) is 18.7 Å². The summed E-state index contributed by atoms with van der Waals surface area (Å²) in [4.78, 5) is 37.6. The summed E-state index contributed by atoms with van der Waals surface area (Å²) in [6.07, 6.45) is 2.64. The lowest BCUT2D eigenvalue weighted by Crippen LogP contribution is -2.27. The molecule has 7 heteroatoms. The van der Waals surface area contributed by atoms with Crippen molar-refractivity contribution in [3.8, 4) is 0 Å². The Morgan fingerprint density at radius 3 is 2.58 bits per heavy atom. The number of carbonyl (C=O) groups excluding carboxylic acids is 3. The van der Waals surface area contributed by atoms with Crippen molar-refractivity contribution in [2.24, 2.45) is 0 Å². The van der Waals surface area contributed by atoms with Gasteiger partial charge in [-0.2, -0.15) is 0 Å². The number of imide groups is 1. The maximum absolute atomic E-state index is 12.5. The monoisotopic (exact) mass is 371 g/mol. The fraction of sp³-hybridized carbons (Fsp3) is 0.211. The highest BCUT2D eigenvalue weighted by molar-refractivity contribution is 8.18. The quantitative estimate of drug-likeness (QED) is 0.587. The molecule has 6 nitrogen and oxygen atoms in total. The SMILES string of the molecule is CCc1ccc(/C=C2/SC(=O)N(Cc3ccc(C(=O)OC)o3)C2=O)cc1. The number of methoxy groups -OCH3 is 1. The van der Waals surface area contributed by atoms with Gasteiger partial charge in [-0.25, -0.2) is 4.79 Å². The van der Waals surface area contributed by atoms with E-state index in [-0.39, 0.29) is 23.5 Å². The summed E-state index contributed by atoms with van der Waals surface area (Å²) in [6.45, 7) is 2.04. The van der Waals surface area contributed by atoms with Gasteiger partial charge in [-0.05, 0) is 47.5 Å². The highest BCUT2D eigenvalue weighted by Gasteiger charge is 2.35. The summed E-state index contributed by atoms with van der Waals surface area (Å²) in [5.74, 6) is -0.626. The molecule has 0 saturated carbocycles. The molecule has 0 aliphatic carbocycles. The number of esters is 1. The second-order valence-electron chi connectivity index (χ2n) is 5.62. The molecular weight excluding hydrogens is 354 g/mol. The van der Waals surface area contributed by atoms with Crippen molar-refractivity contribution in [1.29, 1.82) is 0 Å². The van der Waals surface area contributed by atoms with E-state index in [0.717, 1.165) is 28.6 Å². The molecule has 0 unspecified atom stereocenters. The minimum absolute atomic E-state index is 0.0287. The maximum atomic E-state index is 12.5. The van der Waals surface area contributed by atoms with Crippen molar-refractivity contribution in [3.05, 3.63) is 64.0 Å². The fourth-order valence-corrected chi connectivity index (χ4v) is 3.30. The Balaban J connectivity index is 1.75. The van der Waals surface area contributed by atoms with Crippen molar-refractivity contribution >= 4 is 35.0 Å². The number of hydrogen-bond donors (Lipinski definition) is 0. The van der Waals surface area contributed by atoms with Crippen molar-refractivity contribution < 1.29 is 23.5 Å². The van der Waals surface area contributed by atoms with Gasteiger partial charge in [0.1, 0.15) is 5.76 Å². The first kappa shape index (κ1) is 18.0. The summed E-state index contributed by atoms with van der Waals surface area (Å²) < 4.78 is 9.89. The van der Waals surface area contributed by atoms with Crippen LogP contribution in [-0.2, 0) is 22.5 Å². The topological polar surface area (TPSA) is 76.8 Å². The Hall–Kier alpha value is -2.80. The predicted octanol–water partition coefficient (Wildman–Crippen LogP) is 3.87. The first-order valence-corrected chi connectivity index (χ1v) is 8.84. The van der Waals surface area contributed by atoms with Gasteiger partial charge in [0.05, 0.1) is 18.6 Å². The van der Waals surface area contributed by atoms with Gasteiger partial charge in [0.15, 0.2) is 0 Å². The van der Waals surface area contributed by atoms with E-state index in [0.29, 0.717) is 10.7 Å². The van der Waals surface area contributed by atoms with Crippen molar-refractivity contribution in [1.82, 2.24) is 4.90 Å². The Bertz CT molecular complexity index is 882. The molecule has 1 aromatic carbocycles. The standard InChI is InChI=1S/C19H17NO5S/c1-3-12-4-6-13(7-5-12)10-16-17(21)20(19(23)26-16)11-14-8-9-15(25-14)18(22)24-2/h4-10H,3,11H2,1-2H3/b16-10+. The van der Waals surface area contributed by atoms with Crippen LogP contribution in [0.4, 0.5) is 4.79 Å². The second-order valence-corrected chi connectivity index (χ2v) is 6.61. The summed E-state index contributed by atoms with van der Waals surface area (Å²) in [5.41, 5.74) is 2.06. The fourth-order valence-electron chi connectivity index (χ4n) is 2.47. The molecule has 1 aliphatic rings. The average Bonchev–Trinajstić information content (AvgIpc) is 3.22. The molecule has 1 aromatic heterocycles. The number of hydrogen-bond acceptors (Lipinski definition) is 6. The Kier molecular flexibility index (Phi) is 5.27. The van der Waals surface area contributed by atoms with Crippen LogP contribution in [0.3, 0.4) is 0 Å². The molecule has 2 aromatic rings. The summed E-state index contributed by atoms with van der Waals surface area (Å²) in [6, 6.07) is 10.8. The van der Waals surface area contributed by atoms with E-state index in [9.17, 15) is 14.4 Å². The number of aryl methyl sites for hydroxylation is 1. The Morgan fingerprint density at radius 2 is 1.92 bits per heavy atom. The van der Waals surface area contributed by atoms with E-state index in [1.807, 2.05) is 24.3 Å². The third-order valence-corrected chi connectivity index (χ3v) is 4.83. The van der Waals surface area contributed by atoms with E-state index in [4.69, 9.17) is 4.42 Å². The van der Waals surface area contributed by atoms with Crippen LogP contribution in [0.15, 0.2) is 45.7 Å². The third-order valence-electron chi connectivity index (χ3n) is 3.92. The van der Waals surface area contributed by atoms with Crippen LogP contribution in [0.2, 0.25) is 0 Å². The van der Waals surface area contributed by atoms with Gasteiger partial charge in [-0.1, -0.05) is 31.2 Å². The van der Waals surface area contributed by atoms with Gasteiger partial charge in [-0.3, -0.25) is 14.5 Å². The molecule has 0 spiro atoms. The molecule has 3 rings (SSSR count). The van der Waals surface area contributed by atoms with Crippen LogP contribution in [0.1, 0.15) is 34.4 Å². The molecule has 2 amide bonds. The van der Waals surface area contributed by atoms with Gasteiger partial charge < -0.3 is 9.15 Å². The summed E-state index contributed by atoms with van der Waals surface area (Å²) in [5, 5.41) is -0.373. The lowest BCUT2D eigenvalue weighted by atomic mass is 10.1. The Morgan fingerprint density at radius 1 is 1.19 bits per heavy atom. The molecule has 1 aliphatic heterocycles. The van der Waals surface area contributed by atoms with Gasteiger partial charge in [0.25, 0.3) is 11.1 Å². The maximum Gasteiger partial charge on any atom is 0.373 e. The summed E-state index contributed by atoms with van der Waals surface area (Å²) in [7, 11) is 1.25. The second kappa shape index (κ2) is 7.61. The zero-order chi connectivity index (χ0) is 18.7. The summed E-state index contributed by atoms with van der Waals surface area (Å²) >= 11 is 0.889. The number of carbonyl (C=O) groups is 3. The molecule has 0 atom stereocenters. The zero-order valence-corrected chi connectivity index (χ0v) is 15.2. The van der Waals surface area contributed by atoms with Gasteiger partial charge in [0.2, 0.25) is 5.76 Å². The molecule has 1 saturated heterocycles. The number of nitrogens with zero attached hydrogens (tertiary/aromatic N) is 1. The van der Waals surface area contributed by atoms with Crippen LogP contribution in [0.5, 0.6) is 0 Å². The van der Waals surface area contributed by atoms with Gasteiger partial charge in [-0.15, -0.1) is 0 Å². The minimum Gasteiger partial charge on any atom is -0.463 e. The lowest BCUT2D eigenvalue weighted by molar-refractivity contribution is -0.123. The van der Waals surface area contributed by atoms with Crippen LogP contribution in [0, 0.1) is 0 Å². The number of amides is 2. The molecule has 134 valence electrons. The number of rotatable bonds is 5. The molecular formula is C19H17NO5S. The van der Waals surface area contributed by atoms with Gasteiger partial charge in [0, 0.05) is 0 Å². The van der Waals surface area contributed by atoms with E-state index >= 15 is 0 Å².